The number of nitrogens with one attached hydrogen (secondary N) is 1. The summed E-state index contributed by atoms with van der Waals surface area (Å²) in [5, 5.41) is 15.4. The van der Waals surface area contributed by atoms with Crippen molar-refractivity contribution >= 4 is 38.6 Å². The van der Waals surface area contributed by atoms with Crippen LogP contribution in [0.5, 0.6) is 5.88 Å². The van der Waals surface area contributed by atoms with E-state index in [1.54, 1.807) is 25.1 Å². The van der Waals surface area contributed by atoms with Crippen molar-refractivity contribution < 1.29 is 18.3 Å². The zero-order valence-corrected chi connectivity index (χ0v) is 29.8. The van der Waals surface area contributed by atoms with Crippen LogP contribution in [0.2, 0.25) is 0 Å². The summed E-state index contributed by atoms with van der Waals surface area (Å²) in [7, 11) is 2.11. The lowest BCUT2D eigenvalue weighted by Crippen LogP contribution is -2.40. The number of benzene rings is 2. The molecule has 4 saturated heterocycles. The molecule has 1 amide bonds. The van der Waals surface area contributed by atoms with E-state index in [4.69, 9.17) is 9.72 Å². The Morgan fingerprint density at radius 3 is 2.71 bits per heavy atom. The quantitative estimate of drug-likeness (QED) is 0.182. The highest BCUT2D eigenvalue weighted by molar-refractivity contribution is 6.09. The van der Waals surface area contributed by atoms with E-state index in [2.05, 4.69) is 45.9 Å². The summed E-state index contributed by atoms with van der Waals surface area (Å²) >= 11 is 0. The number of likely N-dealkylation sites (tertiary alicyclic amines) is 2. The lowest BCUT2D eigenvalue weighted by Gasteiger charge is -2.39. The second-order valence-electron chi connectivity index (χ2n) is 15.3. The molecule has 52 heavy (non-hydrogen) atoms. The summed E-state index contributed by atoms with van der Waals surface area (Å²) in [5.74, 6) is -0.216. The Hall–Kier alpha value is -4.66. The van der Waals surface area contributed by atoms with Gasteiger partial charge < -0.3 is 19.5 Å². The molecular formula is C41H43F2N7O2. The zero-order valence-electron chi connectivity index (χ0n) is 29.8. The highest BCUT2D eigenvalue weighted by Gasteiger charge is 2.50. The van der Waals surface area contributed by atoms with Crippen molar-refractivity contribution in [3.05, 3.63) is 65.5 Å². The van der Waals surface area contributed by atoms with E-state index in [1.165, 1.54) is 6.07 Å². The Labute approximate surface area is 301 Å². The minimum atomic E-state index is -0.533. The van der Waals surface area contributed by atoms with E-state index in [1.807, 2.05) is 11.0 Å². The number of carbonyl (C=O) groups excluding carboxylic acids is 1. The molecule has 5 aromatic rings. The van der Waals surface area contributed by atoms with Gasteiger partial charge in [0.05, 0.1) is 40.8 Å². The third-order valence-electron chi connectivity index (χ3n) is 12.4. The molecule has 1 N–H and O–H groups in total. The largest absolute Gasteiger partial charge is 0.472 e. The standard InChI is InChI=1S/C41H43F2N7O2/c1-22(33-11-6-14-48(33)3)52-41-30-19-35(34-12-7-15-49(34)23(2)51)50(39-25-17-32(39)45-20-25)40(30)29-16-24(8-5-13-44)36(37(43)38(29)47-41)27-9-4-10-31-28(27)18-26(42)21-46-31/h4,9-10,16,18-19,21-22,25,32-34,39,45H,5-8,11-12,14-15,17,20H2,1-3H3/t22?,25-,32-,33+,34-,39+/m1/s1. The Balaban J connectivity index is 1.36. The number of halogens is 2. The van der Waals surface area contributed by atoms with E-state index in [0.29, 0.717) is 57.7 Å². The number of nitrogens with zero attached hydrogens (tertiary/aromatic N) is 6. The van der Waals surface area contributed by atoms with E-state index < -0.39 is 11.6 Å². The molecule has 10 rings (SSSR count). The number of ether oxygens (including phenoxy) is 1. The molecule has 268 valence electrons. The highest BCUT2D eigenvalue weighted by atomic mass is 19.1. The Bertz CT molecular complexity index is 2290. The summed E-state index contributed by atoms with van der Waals surface area (Å²) < 4.78 is 41.7. The molecular weight excluding hydrogens is 660 g/mol. The molecule has 3 aromatic heterocycles. The maximum absolute atomic E-state index is 17.8. The molecule has 6 atom stereocenters. The summed E-state index contributed by atoms with van der Waals surface area (Å²) in [5.41, 5.74) is 4.06. The highest BCUT2D eigenvalue weighted by Crippen LogP contribution is 2.51. The van der Waals surface area contributed by atoms with Gasteiger partial charge >= 0.3 is 0 Å². The fraction of sp³-hybridized carbons (Fsp3) is 0.463. The molecule has 5 aliphatic rings. The summed E-state index contributed by atoms with van der Waals surface area (Å²) in [6, 6.07) is 13.6. The van der Waals surface area contributed by atoms with E-state index >= 15 is 4.39 Å². The number of fused-ring (bicyclic) bond motifs is 5. The van der Waals surface area contributed by atoms with E-state index in [0.717, 1.165) is 68.0 Å². The minimum absolute atomic E-state index is 0.0434. The Morgan fingerprint density at radius 2 is 1.98 bits per heavy atom. The second kappa shape index (κ2) is 12.8. The van der Waals surface area contributed by atoms with Crippen molar-refractivity contribution in [2.24, 2.45) is 5.92 Å². The predicted octanol–water partition coefficient (Wildman–Crippen LogP) is 7.22. The van der Waals surface area contributed by atoms with Gasteiger partial charge in [-0.15, -0.1) is 0 Å². The topological polar surface area (TPSA) is 99.3 Å². The molecule has 2 bridgehead atoms. The van der Waals surface area contributed by atoms with Crippen LogP contribution in [-0.2, 0) is 11.2 Å². The maximum Gasteiger partial charge on any atom is 0.223 e. The van der Waals surface area contributed by atoms with Gasteiger partial charge in [-0.25, -0.2) is 13.8 Å². The fourth-order valence-corrected chi connectivity index (χ4v) is 9.89. The van der Waals surface area contributed by atoms with Crippen molar-refractivity contribution in [1.29, 1.82) is 5.26 Å². The number of amides is 1. The molecule has 0 spiro atoms. The van der Waals surface area contributed by atoms with Crippen LogP contribution < -0.4 is 10.1 Å². The molecule has 11 heteroatoms. The number of carbonyl (C=O) groups is 1. The second-order valence-corrected chi connectivity index (χ2v) is 15.3. The molecule has 4 aliphatic heterocycles. The van der Waals surface area contributed by atoms with Gasteiger partial charge in [-0.2, -0.15) is 5.26 Å². The van der Waals surface area contributed by atoms with Gasteiger partial charge in [-0.3, -0.25) is 14.7 Å². The number of likely N-dealkylation sites (N-methyl/N-ethyl adjacent to an activating group) is 1. The number of aromatic nitrogens is 3. The SMILES string of the molecule is CC(=O)N1CCC[C@@H]1c1cc2c(OC(C)[C@@H]3CCCN3C)nc3c(F)c(-c4cccc5ncc(F)cc45)c(CCC#N)cc3c2n1[C@H]1[C@H]2CN[C@@H]1C2. The number of pyridine rings is 2. The zero-order chi connectivity index (χ0) is 35.8. The smallest absolute Gasteiger partial charge is 0.223 e. The van der Waals surface area contributed by atoms with Gasteiger partial charge in [0, 0.05) is 60.5 Å². The average molecular weight is 704 g/mol. The lowest BCUT2D eigenvalue weighted by molar-refractivity contribution is -0.129. The number of aryl methyl sites for hydroxylation is 1. The summed E-state index contributed by atoms with van der Waals surface area (Å²) in [4.78, 5) is 26.6. The van der Waals surface area contributed by atoms with E-state index in [-0.39, 0.29) is 48.1 Å². The van der Waals surface area contributed by atoms with Gasteiger partial charge in [0.25, 0.3) is 0 Å². The predicted molar refractivity (Wildman–Crippen MR) is 196 cm³/mol. The molecule has 1 saturated carbocycles. The van der Waals surface area contributed by atoms with Crippen molar-refractivity contribution in [3.63, 3.8) is 0 Å². The summed E-state index contributed by atoms with van der Waals surface area (Å²) in [6.07, 6.45) is 6.33. The van der Waals surface area contributed by atoms with Gasteiger partial charge in [0.2, 0.25) is 11.8 Å². The first-order valence-electron chi connectivity index (χ1n) is 18.7. The molecule has 0 radical (unpaired) electrons. The number of hydrogen-bond acceptors (Lipinski definition) is 7. The van der Waals surface area contributed by atoms with Crippen LogP contribution >= 0.6 is 0 Å². The van der Waals surface area contributed by atoms with Gasteiger partial charge in [-0.1, -0.05) is 12.1 Å². The minimum Gasteiger partial charge on any atom is -0.472 e. The third-order valence-corrected chi connectivity index (χ3v) is 12.4. The van der Waals surface area contributed by atoms with Crippen LogP contribution in [0.25, 0.3) is 43.8 Å². The van der Waals surface area contributed by atoms with Crippen LogP contribution in [0.15, 0.2) is 42.6 Å². The molecule has 1 unspecified atom stereocenters. The number of nitriles is 1. The maximum atomic E-state index is 17.8. The normalized spacial score (nSPS) is 24.9. The molecule has 9 nitrogen and oxygen atoms in total. The van der Waals surface area contributed by atoms with Crippen LogP contribution in [0.3, 0.4) is 0 Å². The number of hydrogen-bond donors (Lipinski definition) is 1. The van der Waals surface area contributed by atoms with Crippen LogP contribution in [0.4, 0.5) is 8.78 Å². The molecule has 2 aromatic carbocycles. The van der Waals surface area contributed by atoms with E-state index in [9.17, 15) is 14.4 Å². The molecule has 5 fully saturated rings. The van der Waals surface area contributed by atoms with Gasteiger partial charge in [0.15, 0.2) is 5.82 Å². The first-order chi connectivity index (χ1) is 25.2. The van der Waals surface area contributed by atoms with Crippen LogP contribution in [0.1, 0.15) is 75.7 Å². The average Bonchev–Trinajstić information content (AvgIpc) is 3.97. The summed E-state index contributed by atoms with van der Waals surface area (Å²) in [6.45, 7) is 6.30. The lowest BCUT2D eigenvalue weighted by atomic mass is 9.79. The molecule has 1 aliphatic carbocycles. The Kier molecular flexibility index (Phi) is 8.16. The number of rotatable bonds is 8. The Morgan fingerprint density at radius 1 is 1.13 bits per heavy atom. The van der Waals surface area contributed by atoms with Crippen LogP contribution in [0, 0.1) is 28.9 Å². The monoisotopic (exact) mass is 703 g/mol. The van der Waals surface area contributed by atoms with Crippen molar-refractivity contribution in [2.45, 2.75) is 89.1 Å². The first-order valence-corrected chi connectivity index (χ1v) is 18.7. The molecule has 7 heterocycles. The van der Waals surface area contributed by atoms with Crippen molar-refractivity contribution in [1.82, 2.24) is 29.7 Å². The third kappa shape index (κ3) is 5.17. The van der Waals surface area contributed by atoms with Gasteiger partial charge in [0.1, 0.15) is 17.4 Å². The van der Waals surface area contributed by atoms with Crippen molar-refractivity contribution in [2.75, 3.05) is 26.7 Å². The fourth-order valence-electron chi connectivity index (χ4n) is 9.89. The first kappa shape index (κ1) is 33.2. The van der Waals surface area contributed by atoms with Gasteiger partial charge in [-0.05, 0) is 100 Å². The van der Waals surface area contributed by atoms with Crippen molar-refractivity contribution in [3.8, 4) is 23.1 Å². The van der Waals surface area contributed by atoms with Crippen LogP contribution in [-0.4, -0.2) is 75.1 Å².